The van der Waals surface area contributed by atoms with Crippen molar-refractivity contribution < 1.29 is 4.79 Å². The van der Waals surface area contributed by atoms with Gasteiger partial charge in [-0.05, 0) is 42.4 Å². The van der Waals surface area contributed by atoms with Crippen LogP contribution in [0.3, 0.4) is 0 Å². The number of primary amides is 1. The van der Waals surface area contributed by atoms with Crippen LogP contribution in [-0.4, -0.2) is 5.91 Å². The van der Waals surface area contributed by atoms with Gasteiger partial charge in [-0.1, -0.05) is 52.2 Å². The number of hydrogen-bond donors (Lipinski definition) is 1. The van der Waals surface area contributed by atoms with Crippen molar-refractivity contribution in [2.24, 2.45) is 5.73 Å². The number of amides is 1. The van der Waals surface area contributed by atoms with E-state index in [1.54, 1.807) is 0 Å². The van der Waals surface area contributed by atoms with Gasteiger partial charge in [0.05, 0.1) is 0 Å². The van der Waals surface area contributed by atoms with Gasteiger partial charge in [0.1, 0.15) is 0 Å². The molecule has 1 unspecified atom stereocenters. The van der Waals surface area contributed by atoms with Crippen molar-refractivity contribution in [1.29, 1.82) is 0 Å². The lowest BCUT2D eigenvalue weighted by atomic mass is 9.83. The Labute approximate surface area is 117 Å². The SMILES string of the molecule is CCCCCC(CC)c1c(CC)cccc1C(N)=O. The van der Waals surface area contributed by atoms with Gasteiger partial charge in [0.25, 0.3) is 0 Å². The van der Waals surface area contributed by atoms with E-state index in [1.807, 2.05) is 12.1 Å². The molecule has 0 bridgehead atoms. The van der Waals surface area contributed by atoms with Crippen molar-refractivity contribution in [2.45, 2.75) is 65.2 Å². The third kappa shape index (κ3) is 4.09. The third-order valence-corrected chi connectivity index (χ3v) is 3.90. The summed E-state index contributed by atoms with van der Waals surface area (Å²) in [4.78, 5) is 11.7. The van der Waals surface area contributed by atoms with Crippen LogP contribution in [-0.2, 0) is 6.42 Å². The largest absolute Gasteiger partial charge is 0.366 e. The molecular formula is C17H27NO. The zero-order valence-corrected chi connectivity index (χ0v) is 12.5. The zero-order valence-electron chi connectivity index (χ0n) is 12.5. The smallest absolute Gasteiger partial charge is 0.248 e. The summed E-state index contributed by atoms with van der Waals surface area (Å²) in [5.41, 5.74) is 8.75. The minimum atomic E-state index is -0.292. The second-order valence-corrected chi connectivity index (χ2v) is 5.20. The molecule has 0 fully saturated rings. The summed E-state index contributed by atoms with van der Waals surface area (Å²) in [5.74, 6) is 0.171. The molecule has 19 heavy (non-hydrogen) atoms. The lowest BCUT2D eigenvalue weighted by Crippen LogP contribution is -2.17. The van der Waals surface area contributed by atoms with E-state index >= 15 is 0 Å². The van der Waals surface area contributed by atoms with Crippen LogP contribution in [0.5, 0.6) is 0 Å². The minimum absolute atomic E-state index is 0.292. The predicted octanol–water partition coefficient (Wildman–Crippen LogP) is 4.42. The van der Waals surface area contributed by atoms with Gasteiger partial charge in [-0.15, -0.1) is 0 Å². The molecule has 0 heterocycles. The Kier molecular flexibility index (Phi) is 6.61. The normalized spacial score (nSPS) is 12.4. The fourth-order valence-electron chi connectivity index (χ4n) is 2.81. The van der Waals surface area contributed by atoms with Crippen LogP contribution in [0.2, 0.25) is 0 Å². The minimum Gasteiger partial charge on any atom is -0.366 e. The molecule has 0 aromatic heterocycles. The van der Waals surface area contributed by atoms with Gasteiger partial charge in [-0.3, -0.25) is 4.79 Å². The summed E-state index contributed by atoms with van der Waals surface area (Å²) in [5, 5.41) is 0. The van der Waals surface area contributed by atoms with E-state index in [0.29, 0.717) is 5.92 Å². The Hall–Kier alpha value is -1.31. The van der Waals surface area contributed by atoms with E-state index in [4.69, 9.17) is 5.73 Å². The van der Waals surface area contributed by atoms with Crippen LogP contribution in [0, 0.1) is 0 Å². The summed E-state index contributed by atoms with van der Waals surface area (Å²) >= 11 is 0. The molecule has 1 aromatic carbocycles. The van der Waals surface area contributed by atoms with Crippen molar-refractivity contribution in [3.8, 4) is 0 Å². The summed E-state index contributed by atoms with van der Waals surface area (Å²) in [7, 11) is 0. The Bertz CT molecular complexity index is 412. The zero-order chi connectivity index (χ0) is 14.3. The molecule has 0 aliphatic rings. The number of benzene rings is 1. The average molecular weight is 261 g/mol. The second kappa shape index (κ2) is 7.98. The van der Waals surface area contributed by atoms with E-state index < -0.39 is 0 Å². The number of hydrogen-bond acceptors (Lipinski definition) is 1. The van der Waals surface area contributed by atoms with Crippen LogP contribution < -0.4 is 5.73 Å². The van der Waals surface area contributed by atoms with Gasteiger partial charge in [0.2, 0.25) is 5.91 Å². The monoisotopic (exact) mass is 261 g/mol. The third-order valence-electron chi connectivity index (χ3n) is 3.90. The van der Waals surface area contributed by atoms with Crippen molar-refractivity contribution in [3.63, 3.8) is 0 Å². The highest BCUT2D eigenvalue weighted by Crippen LogP contribution is 2.31. The van der Waals surface area contributed by atoms with E-state index in [2.05, 4.69) is 26.8 Å². The number of nitrogens with two attached hydrogens (primary N) is 1. The fraction of sp³-hybridized carbons (Fsp3) is 0.588. The summed E-state index contributed by atoms with van der Waals surface area (Å²) in [6, 6.07) is 5.95. The number of unbranched alkanes of at least 4 members (excludes halogenated alkanes) is 2. The molecule has 2 heteroatoms. The summed E-state index contributed by atoms with van der Waals surface area (Å²) in [6.45, 7) is 6.56. The van der Waals surface area contributed by atoms with Crippen LogP contribution >= 0.6 is 0 Å². The standard InChI is InChI=1S/C17H27NO/c1-4-7-8-10-13(5-2)16-14(6-3)11-9-12-15(16)17(18)19/h9,11-13H,4-8,10H2,1-3H3,(H2,18,19). The van der Waals surface area contributed by atoms with Crippen molar-refractivity contribution in [2.75, 3.05) is 0 Å². The Morgan fingerprint density at radius 3 is 2.47 bits per heavy atom. The topological polar surface area (TPSA) is 43.1 Å². The summed E-state index contributed by atoms with van der Waals surface area (Å²) < 4.78 is 0. The van der Waals surface area contributed by atoms with Crippen LogP contribution in [0.1, 0.15) is 80.3 Å². The molecule has 1 amide bonds. The van der Waals surface area contributed by atoms with Crippen molar-refractivity contribution in [3.05, 3.63) is 34.9 Å². The van der Waals surface area contributed by atoms with Crippen LogP contribution in [0.4, 0.5) is 0 Å². The molecule has 2 N–H and O–H groups in total. The molecule has 2 nitrogen and oxygen atoms in total. The highest BCUT2D eigenvalue weighted by atomic mass is 16.1. The molecule has 1 atom stereocenters. The maximum Gasteiger partial charge on any atom is 0.248 e. The lowest BCUT2D eigenvalue weighted by Gasteiger charge is -2.21. The highest BCUT2D eigenvalue weighted by molar-refractivity contribution is 5.94. The quantitative estimate of drug-likeness (QED) is 0.691. The number of rotatable bonds is 8. The predicted molar refractivity (Wildman–Crippen MR) is 81.5 cm³/mol. The van der Waals surface area contributed by atoms with Crippen molar-refractivity contribution in [1.82, 2.24) is 0 Å². The molecule has 0 spiro atoms. The highest BCUT2D eigenvalue weighted by Gasteiger charge is 2.19. The maximum absolute atomic E-state index is 11.7. The van der Waals surface area contributed by atoms with Crippen LogP contribution in [0.25, 0.3) is 0 Å². The molecule has 106 valence electrons. The van der Waals surface area contributed by atoms with Gasteiger partial charge in [-0.2, -0.15) is 0 Å². The molecular weight excluding hydrogens is 234 g/mol. The van der Waals surface area contributed by atoms with Gasteiger partial charge in [0, 0.05) is 5.56 Å². The summed E-state index contributed by atoms with van der Waals surface area (Å²) in [6.07, 6.45) is 6.90. The van der Waals surface area contributed by atoms with Crippen molar-refractivity contribution >= 4 is 5.91 Å². The maximum atomic E-state index is 11.7. The number of aryl methyl sites for hydroxylation is 1. The molecule has 0 saturated heterocycles. The van der Waals surface area contributed by atoms with Gasteiger partial charge in [0.15, 0.2) is 0 Å². The first kappa shape index (κ1) is 15.7. The van der Waals surface area contributed by atoms with E-state index in [9.17, 15) is 4.79 Å². The Morgan fingerprint density at radius 1 is 1.21 bits per heavy atom. The van der Waals surface area contributed by atoms with Gasteiger partial charge in [-0.25, -0.2) is 0 Å². The molecule has 0 aliphatic heterocycles. The molecule has 1 aromatic rings. The van der Waals surface area contributed by atoms with Crippen LogP contribution in [0.15, 0.2) is 18.2 Å². The average Bonchev–Trinajstić information content (AvgIpc) is 2.43. The van der Waals surface area contributed by atoms with E-state index in [1.165, 1.54) is 30.4 Å². The van der Waals surface area contributed by atoms with E-state index in [0.717, 1.165) is 24.8 Å². The molecule has 0 saturated carbocycles. The number of carbonyl (C=O) groups excluding carboxylic acids is 1. The Morgan fingerprint density at radius 2 is 1.95 bits per heavy atom. The second-order valence-electron chi connectivity index (χ2n) is 5.20. The first-order valence-electron chi connectivity index (χ1n) is 7.57. The van der Waals surface area contributed by atoms with Gasteiger partial charge >= 0.3 is 0 Å². The lowest BCUT2D eigenvalue weighted by molar-refractivity contribution is 0.0998. The first-order chi connectivity index (χ1) is 9.15. The van der Waals surface area contributed by atoms with Gasteiger partial charge < -0.3 is 5.73 Å². The fourth-order valence-corrected chi connectivity index (χ4v) is 2.81. The molecule has 0 aliphatic carbocycles. The Balaban J connectivity index is 3.08. The molecule has 0 radical (unpaired) electrons. The number of carbonyl (C=O) groups is 1. The molecule has 1 rings (SSSR count). The van der Waals surface area contributed by atoms with E-state index in [-0.39, 0.29) is 5.91 Å². The first-order valence-corrected chi connectivity index (χ1v) is 7.57.